The van der Waals surface area contributed by atoms with Crippen LogP contribution in [-0.2, 0) is 17.8 Å². The number of methoxy groups -OCH3 is 1. The number of ether oxygens (including phenoxy) is 1. The molecule has 0 aliphatic rings. The van der Waals surface area contributed by atoms with Gasteiger partial charge in [0.1, 0.15) is 11.8 Å². The fourth-order valence-electron chi connectivity index (χ4n) is 2.48. The number of hydrogen-bond acceptors (Lipinski definition) is 5. The Morgan fingerprint density at radius 1 is 1.38 bits per heavy atom. The Bertz CT molecular complexity index is 685. The second-order valence-electron chi connectivity index (χ2n) is 5.51. The molecule has 0 saturated heterocycles. The molecule has 0 unspecified atom stereocenters. The van der Waals surface area contributed by atoms with Gasteiger partial charge in [-0.3, -0.25) is 4.79 Å². The van der Waals surface area contributed by atoms with Crippen LogP contribution in [0.2, 0.25) is 0 Å². The number of aromatic nitrogens is 1. The van der Waals surface area contributed by atoms with Crippen molar-refractivity contribution in [1.82, 2.24) is 10.3 Å². The van der Waals surface area contributed by atoms with Crippen LogP contribution in [-0.4, -0.2) is 24.0 Å². The molecule has 2 N–H and O–H groups in total. The van der Waals surface area contributed by atoms with Gasteiger partial charge in [-0.2, -0.15) is 0 Å². The van der Waals surface area contributed by atoms with E-state index in [1.54, 1.807) is 18.4 Å². The van der Waals surface area contributed by atoms with Gasteiger partial charge in [-0.05, 0) is 31.9 Å². The molecular formula is C18H25N3O2S. The Morgan fingerprint density at radius 3 is 2.83 bits per heavy atom. The van der Waals surface area contributed by atoms with Gasteiger partial charge in [-0.15, -0.1) is 11.3 Å². The lowest BCUT2D eigenvalue weighted by molar-refractivity contribution is -0.122. The van der Waals surface area contributed by atoms with E-state index >= 15 is 0 Å². The van der Waals surface area contributed by atoms with Crippen molar-refractivity contribution in [3.63, 3.8) is 0 Å². The van der Waals surface area contributed by atoms with Gasteiger partial charge in [-0.1, -0.05) is 19.9 Å². The molecule has 2 aromatic rings. The van der Waals surface area contributed by atoms with Crippen LogP contribution in [0.1, 0.15) is 35.8 Å². The normalized spacial score (nSPS) is 11.8. The first kappa shape index (κ1) is 18.3. The summed E-state index contributed by atoms with van der Waals surface area (Å²) >= 11 is 1.65. The summed E-state index contributed by atoms with van der Waals surface area (Å²) in [5.74, 6) is 0.761. The van der Waals surface area contributed by atoms with E-state index in [0.717, 1.165) is 33.4 Å². The molecule has 0 radical (unpaired) electrons. The van der Waals surface area contributed by atoms with Gasteiger partial charge < -0.3 is 15.4 Å². The van der Waals surface area contributed by atoms with Crippen molar-refractivity contribution in [3.05, 3.63) is 39.8 Å². The number of aryl methyl sites for hydroxylation is 2. The van der Waals surface area contributed by atoms with Crippen molar-refractivity contribution in [2.75, 3.05) is 12.4 Å². The molecule has 1 atom stereocenters. The van der Waals surface area contributed by atoms with E-state index in [0.29, 0.717) is 13.0 Å². The number of carbonyl (C=O) groups is 1. The molecule has 130 valence electrons. The third-order valence-corrected chi connectivity index (χ3v) is 4.79. The molecular weight excluding hydrogens is 322 g/mol. The maximum absolute atomic E-state index is 12.5. The topological polar surface area (TPSA) is 63.2 Å². The summed E-state index contributed by atoms with van der Waals surface area (Å²) in [6.07, 6.45) is 1.58. The van der Waals surface area contributed by atoms with Gasteiger partial charge in [0.2, 0.25) is 5.91 Å². The summed E-state index contributed by atoms with van der Waals surface area (Å²) in [6, 6.07) is 7.32. The smallest absolute Gasteiger partial charge is 0.242 e. The van der Waals surface area contributed by atoms with Crippen molar-refractivity contribution in [2.45, 2.75) is 46.2 Å². The van der Waals surface area contributed by atoms with E-state index in [4.69, 9.17) is 4.74 Å². The standard InChI is InChI=1S/C18H25N3O2S/c1-5-15-17(24-12(3)20-15)11-19-18(22)16(6-2)21-13-8-7-9-14(10-13)23-4/h7-10,16,21H,5-6,11H2,1-4H3,(H,19,22)/t16-/m1/s1. The molecule has 0 saturated carbocycles. The number of rotatable bonds is 8. The average Bonchev–Trinajstić information content (AvgIpc) is 2.97. The van der Waals surface area contributed by atoms with Gasteiger partial charge in [0.15, 0.2) is 0 Å². The first-order valence-corrected chi connectivity index (χ1v) is 9.02. The molecule has 0 aliphatic heterocycles. The molecule has 1 amide bonds. The van der Waals surface area contributed by atoms with Crippen LogP contribution in [0.5, 0.6) is 5.75 Å². The SMILES string of the molecule is CCc1nc(C)sc1CNC(=O)[C@@H](CC)Nc1cccc(OC)c1. The molecule has 2 rings (SSSR count). The van der Waals surface area contributed by atoms with Crippen LogP contribution in [0, 0.1) is 6.92 Å². The van der Waals surface area contributed by atoms with E-state index < -0.39 is 0 Å². The van der Waals surface area contributed by atoms with E-state index in [-0.39, 0.29) is 11.9 Å². The van der Waals surface area contributed by atoms with Crippen molar-refractivity contribution in [1.29, 1.82) is 0 Å². The Hall–Kier alpha value is -2.08. The number of amides is 1. The minimum Gasteiger partial charge on any atom is -0.497 e. The number of hydrogen-bond donors (Lipinski definition) is 2. The number of benzene rings is 1. The highest BCUT2D eigenvalue weighted by Crippen LogP contribution is 2.20. The molecule has 1 aromatic carbocycles. The Balaban J connectivity index is 1.98. The fourth-order valence-corrected chi connectivity index (χ4v) is 3.45. The zero-order valence-electron chi connectivity index (χ0n) is 14.7. The second-order valence-corrected chi connectivity index (χ2v) is 6.80. The summed E-state index contributed by atoms with van der Waals surface area (Å²) in [5.41, 5.74) is 1.95. The van der Waals surface area contributed by atoms with Crippen LogP contribution in [0.3, 0.4) is 0 Å². The summed E-state index contributed by atoms with van der Waals surface area (Å²) in [7, 11) is 1.63. The molecule has 5 nitrogen and oxygen atoms in total. The number of nitrogens with zero attached hydrogens (tertiary/aromatic N) is 1. The highest BCUT2D eigenvalue weighted by molar-refractivity contribution is 7.11. The van der Waals surface area contributed by atoms with Crippen LogP contribution in [0.25, 0.3) is 0 Å². The maximum atomic E-state index is 12.5. The fraction of sp³-hybridized carbons (Fsp3) is 0.444. The number of nitrogens with one attached hydrogen (secondary N) is 2. The van der Waals surface area contributed by atoms with Crippen LogP contribution < -0.4 is 15.4 Å². The summed E-state index contributed by atoms with van der Waals surface area (Å²) in [4.78, 5) is 18.1. The van der Waals surface area contributed by atoms with Crippen LogP contribution >= 0.6 is 11.3 Å². The van der Waals surface area contributed by atoms with E-state index in [1.807, 2.05) is 38.1 Å². The van der Waals surface area contributed by atoms with Gasteiger partial charge in [0, 0.05) is 16.6 Å². The van der Waals surface area contributed by atoms with Crippen molar-refractivity contribution >= 4 is 22.9 Å². The van der Waals surface area contributed by atoms with Gasteiger partial charge in [0.25, 0.3) is 0 Å². The first-order chi connectivity index (χ1) is 11.6. The second kappa shape index (κ2) is 8.68. The van der Waals surface area contributed by atoms with Crippen molar-refractivity contribution < 1.29 is 9.53 Å². The van der Waals surface area contributed by atoms with Crippen molar-refractivity contribution in [2.24, 2.45) is 0 Å². The highest BCUT2D eigenvalue weighted by Gasteiger charge is 2.17. The van der Waals surface area contributed by atoms with Gasteiger partial charge >= 0.3 is 0 Å². The lowest BCUT2D eigenvalue weighted by Crippen LogP contribution is -2.38. The molecule has 0 aliphatic carbocycles. The van der Waals surface area contributed by atoms with Crippen LogP contribution in [0.4, 0.5) is 5.69 Å². The summed E-state index contributed by atoms with van der Waals surface area (Å²) < 4.78 is 5.22. The number of thiazole rings is 1. The molecule has 1 heterocycles. The minimum atomic E-state index is -0.281. The number of anilines is 1. The zero-order chi connectivity index (χ0) is 17.5. The molecule has 0 spiro atoms. The largest absolute Gasteiger partial charge is 0.497 e. The zero-order valence-corrected chi connectivity index (χ0v) is 15.5. The summed E-state index contributed by atoms with van der Waals surface area (Å²) in [5, 5.41) is 7.33. The predicted octanol–water partition coefficient (Wildman–Crippen LogP) is 3.53. The minimum absolute atomic E-state index is 0.00609. The summed E-state index contributed by atoms with van der Waals surface area (Å²) in [6.45, 7) is 6.60. The first-order valence-electron chi connectivity index (χ1n) is 8.20. The quantitative estimate of drug-likeness (QED) is 0.767. The Labute approximate surface area is 147 Å². The van der Waals surface area contributed by atoms with Crippen LogP contribution in [0.15, 0.2) is 24.3 Å². The highest BCUT2D eigenvalue weighted by atomic mass is 32.1. The Kier molecular flexibility index (Phi) is 6.61. The van der Waals surface area contributed by atoms with E-state index in [9.17, 15) is 4.79 Å². The van der Waals surface area contributed by atoms with E-state index in [2.05, 4.69) is 22.5 Å². The number of carbonyl (C=O) groups excluding carboxylic acids is 1. The predicted molar refractivity (Wildman–Crippen MR) is 98.8 cm³/mol. The maximum Gasteiger partial charge on any atom is 0.242 e. The molecule has 1 aromatic heterocycles. The van der Waals surface area contributed by atoms with Gasteiger partial charge in [0.05, 0.1) is 24.4 Å². The van der Waals surface area contributed by atoms with E-state index in [1.165, 1.54) is 0 Å². The average molecular weight is 347 g/mol. The third-order valence-electron chi connectivity index (χ3n) is 3.78. The van der Waals surface area contributed by atoms with Crippen molar-refractivity contribution in [3.8, 4) is 5.75 Å². The molecule has 0 bridgehead atoms. The molecule has 24 heavy (non-hydrogen) atoms. The molecule has 6 heteroatoms. The monoisotopic (exact) mass is 347 g/mol. The lowest BCUT2D eigenvalue weighted by atomic mass is 10.2. The third kappa shape index (κ3) is 4.71. The van der Waals surface area contributed by atoms with Gasteiger partial charge in [-0.25, -0.2) is 4.98 Å². The Morgan fingerprint density at radius 2 is 2.17 bits per heavy atom. The lowest BCUT2D eigenvalue weighted by Gasteiger charge is -2.18. The molecule has 0 fully saturated rings.